The molecule has 5 heteroatoms. The molecule has 1 amide bonds. The van der Waals surface area contributed by atoms with Crippen LogP contribution in [-0.2, 0) is 4.79 Å². The normalized spacial score (nSPS) is 17.1. The molecule has 0 aromatic heterocycles. The second kappa shape index (κ2) is 4.73. The molecule has 86 valence electrons. The van der Waals surface area contributed by atoms with E-state index in [9.17, 15) is 4.79 Å². The Morgan fingerprint density at radius 2 is 2.25 bits per heavy atom. The highest BCUT2D eigenvalue weighted by Gasteiger charge is 2.28. The second-order valence-electron chi connectivity index (χ2n) is 3.95. The predicted octanol–water partition coefficient (Wildman–Crippen LogP) is 2.38. The van der Waals surface area contributed by atoms with Crippen LogP contribution in [0.4, 0.5) is 0 Å². The zero-order valence-corrected chi connectivity index (χ0v) is 10.9. The van der Waals surface area contributed by atoms with Gasteiger partial charge in [0.15, 0.2) is 0 Å². The Balaban J connectivity index is 2.22. The molecule has 0 aliphatic heterocycles. The zero-order valence-electron chi connectivity index (χ0n) is 8.54. The van der Waals surface area contributed by atoms with Crippen LogP contribution in [0.15, 0.2) is 22.7 Å². The number of carbonyl (C=O) groups is 1. The number of nitrogens with one attached hydrogen (secondary N) is 1. The highest BCUT2D eigenvalue weighted by Crippen LogP contribution is 2.28. The fourth-order valence-electron chi connectivity index (χ4n) is 1.52. The van der Waals surface area contributed by atoms with Crippen molar-refractivity contribution >= 4 is 33.4 Å². The Bertz CT molecular complexity index is 420. The van der Waals surface area contributed by atoms with Crippen molar-refractivity contribution < 1.29 is 4.79 Å². The fraction of sp³-hybridized carbons (Fsp3) is 0.364. The minimum Gasteiger partial charge on any atom is -0.368 e. The molecule has 0 heterocycles. The summed E-state index contributed by atoms with van der Waals surface area (Å²) in [4.78, 5) is 11.4. The van der Waals surface area contributed by atoms with E-state index in [-0.39, 0.29) is 5.91 Å². The second-order valence-corrected chi connectivity index (χ2v) is 5.21. The van der Waals surface area contributed by atoms with Crippen LogP contribution in [0.25, 0.3) is 0 Å². The Morgan fingerprint density at radius 1 is 1.56 bits per heavy atom. The van der Waals surface area contributed by atoms with E-state index in [4.69, 9.17) is 17.3 Å². The Kier molecular flexibility index (Phi) is 3.52. The number of rotatable bonds is 4. The lowest BCUT2D eigenvalue weighted by Gasteiger charge is -2.15. The standard InChI is InChI=1S/C11H12BrClN2O/c12-8-4-1-6(5-9(8)13)10(11(14)16)15-7-2-3-7/h1,4-5,7,10,15H,2-3H2,(H2,14,16). The van der Waals surface area contributed by atoms with Crippen LogP contribution in [0, 0.1) is 0 Å². The molecule has 1 aromatic rings. The molecule has 1 aliphatic carbocycles. The summed E-state index contributed by atoms with van der Waals surface area (Å²) in [6.07, 6.45) is 2.21. The third-order valence-corrected chi connectivity index (χ3v) is 3.77. The summed E-state index contributed by atoms with van der Waals surface area (Å²) in [5.74, 6) is -0.370. The summed E-state index contributed by atoms with van der Waals surface area (Å²) in [7, 11) is 0. The first kappa shape index (κ1) is 11.9. The molecule has 0 radical (unpaired) electrons. The largest absolute Gasteiger partial charge is 0.368 e. The average molecular weight is 304 g/mol. The first-order valence-corrected chi connectivity index (χ1v) is 6.25. The van der Waals surface area contributed by atoms with Gasteiger partial charge in [0.25, 0.3) is 0 Å². The highest BCUT2D eigenvalue weighted by molar-refractivity contribution is 9.10. The maximum atomic E-state index is 11.4. The van der Waals surface area contributed by atoms with Crippen molar-refractivity contribution in [2.75, 3.05) is 0 Å². The molecule has 3 nitrogen and oxygen atoms in total. The van der Waals surface area contributed by atoms with Gasteiger partial charge >= 0.3 is 0 Å². The molecule has 1 aliphatic rings. The van der Waals surface area contributed by atoms with E-state index in [0.29, 0.717) is 11.1 Å². The van der Waals surface area contributed by atoms with Crippen molar-refractivity contribution in [1.82, 2.24) is 5.32 Å². The van der Waals surface area contributed by atoms with E-state index in [1.54, 1.807) is 6.07 Å². The van der Waals surface area contributed by atoms with Crippen LogP contribution in [0.5, 0.6) is 0 Å². The van der Waals surface area contributed by atoms with Gasteiger partial charge in [-0.2, -0.15) is 0 Å². The average Bonchev–Trinajstić information content (AvgIpc) is 3.02. The van der Waals surface area contributed by atoms with E-state index < -0.39 is 6.04 Å². The maximum absolute atomic E-state index is 11.4. The van der Waals surface area contributed by atoms with Crippen LogP contribution in [0.3, 0.4) is 0 Å². The Hall–Kier alpha value is -0.580. The summed E-state index contributed by atoms with van der Waals surface area (Å²) < 4.78 is 0.813. The van der Waals surface area contributed by atoms with Gasteiger partial charge in [-0.3, -0.25) is 10.1 Å². The molecular formula is C11H12BrClN2O. The maximum Gasteiger partial charge on any atom is 0.239 e. The molecule has 2 rings (SSSR count). The molecule has 1 saturated carbocycles. The number of nitrogens with two attached hydrogens (primary N) is 1. The molecule has 16 heavy (non-hydrogen) atoms. The van der Waals surface area contributed by atoms with Crippen LogP contribution < -0.4 is 11.1 Å². The molecule has 1 aromatic carbocycles. The number of carbonyl (C=O) groups excluding carboxylic acids is 1. The van der Waals surface area contributed by atoms with Crippen molar-refractivity contribution in [2.24, 2.45) is 5.73 Å². The number of hydrogen-bond donors (Lipinski definition) is 2. The van der Waals surface area contributed by atoms with Crippen molar-refractivity contribution in [3.8, 4) is 0 Å². The van der Waals surface area contributed by atoms with E-state index >= 15 is 0 Å². The smallest absolute Gasteiger partial charge is 0.239 e. The van der Waals surface area contributed by atoms with Gasteiger partial charge in [-0.15, -0.1) is 0 Å². The minimum atomic E-state index is -0.446. The zero-order chi connectivity index (χ0) is 11.7. The Morgan fingerprint density at radius 3 is 2.75 bits per heavy atom. The van der Waals surface area contributed by atoms with E-state index in [1.165, 1.54) is 0 Å². The lowest BCUT2D eigenvalue weighted by molar-refractivity contribution is -0.120. The molecule has 0 bridgehead atoms. The van der Waals surface area contributed by atoms with Gasteiger partial charge in [-0.05, 0) is 46.5 Å². The number of benzene rings is 1. The van der Waals surface area contributed by atoms with Crippen LogP contribution in [0.2, 0.25) is 5.02 Å². The van der Waals surface area contributed by atoms with E-state index in [0.717, 1.165) is 22.9 Å². The third-order valence-electron chi connectivity index (χ3n) is 2.54. The van der Waals surface area contributed by atoms with E-state index in [1.807, 2.05) is 12.1 Å². The lowest BCUT2D eigenvalue weighted by atomic mass is 10.1. The number of amides is 1. The van der Waals surface area contributed by atoms with Gasteiger partial charge in [-0.1, -0.05) is 17.7 Å². The summed E-state index contributed by atoms with van der Waals surface area (Å²) in [6.45, 7) is 0. The van der Waals surface area contributed by atoms with Crippen LogP contribution in [-0.4, -0.2) is 11.9 Å². The van der Waals surface area contributed by atoms with Crippen molar-refractivity contribution in [3.05, 3.63) is 33.3 Å². The molecule has 1 unspecified atom stereocenters. The number of halogens is 2. The monoisotopic (exact) mass is 302 g/mol. The first-order chi connectivity index (χ1) is 7.58. The van der Waals surface area contributed by atoms with Gasteiger partial charge in [0.05, 0.1) is 5.02 Å². The van der Waals surface area contributed by atoms with Crippen molar-refractivity contribution in [2.45, 2.75) is 24.9 Å². The lowest BCUT2D eigenvalue weighted by Crippen LogP contribution is -2.34. The van der Waals surface area contributed by atoms with Crippen LogP contribution in [0.1, 0.15) is 24.4 Å². The highest BCUT2D eigenvalue weighted by atomic mass is 79.9. The third kappa shape index (κ3) is 2.75. The Labute approximate surface area is 107 Å². The topological polar surface area (TPSA) is 55.1 Å². The van der Waals surface area contributed by atoms with Gasteiger partial charge in [0.1, 0.15) is 6.04 Å². The van der Waals surface area contributed by atoms with E-state index in [2.05, 4.69) is 21.2 Å². The summed E-state index contributed by atoms with van der Waals surface area (Å²) >= 11 is 9.30. The number of primary amides is 1. The van der Waals surface area contributed by atoms with Crippen molar-refractivity contribution in [3.63, 3.8) is 0 Å². The molecule has 1 atom stereocenters. The summed E-state index contributed by atoms with van der Waals surface area (Å²) in [6, 6.07) is 5.40. The molecule has 0 spiro atoms. The molecule has 3 N–H and O–H groups in total. The fourth-order valence-corrected chi connectivity index (χ4v) is 1.96. The predicted molar refractivity (Wildman–Crippen MR) is 67.2 cm³/mol. The molecule has 0 saturated heterocycles. The molecular weight excluding hydrogens is 291 g/mol. The van der Waals surface area contributed by atoms with Gasteiger partial charge in [0, 0.05) is 10.5 Å². The summed E-state index contributed by atoms with van der Waals surface area (Å²) in [5.41, 5.74) is 6.19. The van der Waals surface area contributed by atoms with Gasteiger partial charge in [0.2, 0.25) is 5.91 Å². The molecule has 1 fully saturated rings. The van der Waals surface area contributed by atoms with Crippen LogP contribution >= 0.6 is 27.5 Å². The van der Waals surface area contributed by atoms with Crippen molar-refractivity contribution in [1.29, 1.82) is 0 Å². The van der Waals surface area contributed by atoms with Gasteiger partial charge in [-0.25, -0.2) is 0 Å². The summed E-state index contributed by atoms with van der Waals surface area (Å²) in [5, 5.41) is 3.79. The SMILES string of the molecule is NC(=O)C(NC1CC1)c1ccc(Br)c(Cl)c1. The first-order valence-electron chi connectivity index (χ1n) is 5.08. The minimum absolute atomic E-state index is 0.370. The number of hydrogen-bond acceptors (Lipinski definition) is 2. The van der Waals surface area contributed by atoms with Gasteiger partial charge < -0.3 is 5.73 Å². The quantitative estimate of drug-likeness (QED) is 0.897.